The number of hydrogen-bond donors (Lipinski definition) is 1. The zero-order chi connectivity index (χ0) is 15.5. The van der Waals surface area contributed by atoms with Gasteiger partial charge < -0.3 is 10.1 Å². The summed E-state index contributed by atoms with van der Waals surface area (Å²) in [6, 6.07) is 6.23. The van der Waals surface area contributed by atoms with E-state index in [2.05, 4.69) is 27.3 Å². The maximum Gasteiger partial charge on any atom is 0.150 e. The van der Waals surface area contributed by atoms with Gasteiger partial charge in [0.2, 0.25) is 0 Å². The highest BCUT2D eigenvalue weighted by Gasteiger charge is 2.29. The van der Waals surface area contributed by atoms with Crippen LogP contribution in [0.4, 0.5) is 0 Å². The number of methoxy groups -OCH3 is 1. The SMILES string of the molecule is CNC(Cc1cc(Br)ccc1OC)CC1CCS(=O)(=O)C1. The number of ether oxygens (including phenoxy) is 1. The van der Waals surface area contributed by atoms with Gasteiger partial charge in [-0.3, -0.25) is 0 Å². The van der Waals surface area contributed by atoms with Gasteiger partial charge in [0.05, 0.1) is 18.6 Å². The molecule has 1 aliphatic heterocycles. The Kier molecular flexibility index (Phi) is 5.68. The van der Waals surface area contributed by atoms with Crippen molar-refractivity contribution in [1.82, 2.24) is 5.32 Å². The van der Waals surface area contributed by atoms with E-state index in [0.29, 0.717) is 11.5 Å². The summed E-state index contributed by atoms with van der Waals surface area (Å²) in [7, 11) is 0.799. The van der Waals surface area contributed by atoms with Gasteiger partial charge in [-0.15, -0.1) is 0 Å². The van der Waals surface area contributed by atoms with Gasteiger partial charge in [0.15, 0.2) is 9.84 Å². The Morgan fingerprint density at radius 2 is 2.24 bits per heavy atom. The minimum Gasteiger partial charge on any atom is -0.496 e. The zero-order valence-corrected chi connectivity index (χ0v) is 14.8. The molecule has 2 unspecified atom stereocenters. The van der Waals surface area contributed by atoms with Crippen LogP contribution in [-0.2, 0) is 16.3 Å². The highest BCUT2D eigenvalue weighted by molar-refractivity contribution is 9.10. The van der Waals surface area contributed by atoms with Crippen LogP contribution in [0.5, 0.6) is 5.75 Å². The third kappa shape index (κ3) is 4.69. The topological polar surface area (TPSA) is 55.4 Å². The molecule has 1 saturated heterocycles. The van der Waals surface area contributed by atoms with E-state index in [4.69, 9.17) is 4.74 Å². The molecule has 2 rings (SSSR count). The quantitative estimate of drug-likeness (QED) is 0.829. The molecule has 1 heterocycles. The normalized spacial score (nSPS) is 22.1. The number of likely N-dealkylation sites (N-methyl/N-ethyl adjacent to an activating group) is 1. The number of hydrogen-bond acceptors (Lipinski definition) is 4. The maximum absolute atomic E-state index is 11.6. The first-order chi connectivity index (χ1) is 9.93. The van der Waals surface area contributed by atoms with Gasteiger partial charge in [-0.25, -0.2) is 8.42 Å². The van der Waals surface area contributed by atoms with Gasteiger partial charge in [-0.1, -0.05) is 15.9 Å². The van der Waals surface area contributed by atoms with Crippen LogP contribution in [0, 0.1) is 5.92 Å². The molecule has 0 aliphatic carbocycles. The summed E-state index contributed by atoms with van der Waals surface area (Å²) < 4.78 is 29.6. The molecule has 0 bridgehead atoms. The zero-order valence-electron chi connectivity index (χ0n) is 12.4. The number of sulfone groups is 1. The summed E-state index contributed by atoms with van der Waals surface area (Å²) in [5.41, 5.74) is 1.13. The summed E-state index contributed by atoms with van der Waals surface area (Å²) >= 11 is 3.49. The van der Waals surface area contributed by atoms with Gasteiger partial charge in [0.1, 0.15) is 5.75 Å². The van der Waals surface area contributed by atoms with Crippen LogP contribution in [-0.4, -0.2) is 40.1 Å². The molecule has 0 radical (unpaired) electrons. The average molecular weight is 376 g/mol. The molecule has 4 nitrogen and oxygen atoms in total. The minimum absolute atomic E-state index is 0.256. The Hall–Kier alpha value is -0.590. The molecule has 21 heavy (non-hydrogen) atoms. The molecule has 0 aromatic heterocycles. The fourth-order valence-electron chi connectivity index (χ4n) is 2.94. The Labute approximate surface area is 135 Å². The minimum atomic E-state index is -2.80. The summed E-state index contributed by atoms with van der Waals surface area (Å²) in [5, 5.41) is 3.31. The van der Waals surface area contributed by atoms with Crippen molar-refractivity contribution >= 4 is 25.8 Å². The van der Waals surface area contributed by atoms with E-state index >= 15 is 0 Å². The van der Waals surface area contributed by atoms with E-state index in [1.165, 1.54) is 0 Å². The van der Waals surface area contributed by atoms with E-state index in [9.17, 15) is 8.42 Å². The molecular weight excluding hydrogens is 354 g/mol. The lowest BCUT2D eigenvalue weighted by Crippen LogP contribution is -2.30. The van der Waals surface area contributed by atoms with Gasteiger partial charge in [0.25, 0.3) is 0 Å². The van der Waals surface area contributed by atoms with Gasteiger partial charge in [-0.05, 0) is 56.0 Å². The first-order valence-electron chi connectivity index (χ1n) is 7.13. The molecule has 2 atom stereocenters. The lowest BCUT2D eigenvalue weighted by molar-refractivity contribution is 0.393. The molecule has 0 saturated carbocycles. The summed E-state index contributed by atoms with van der Waals surface area (Å²) in [4.78, 5) is 0. The maximum atomic E-state index is 11.6. The Bertz CT molecular complexity index is 589. The first kappa shape index (κ1) is 16.8. The second-order valence-electron chi connectivity index (χ2n) is 5.65. The van der Waals surface area contributed by atoms with Crippen molar-refractivity contribution in [3.63, 3.8) is 0 Å². The van der Waals surface area contributed by atoms with Crippen molar-refractivity contribution in [2.75, 3.05) is 25.7 Å². The van der Waals surface area contributed by atoms with Crippen LogP contribution < -0.4 is 10.1 Å². The fourth-order valence-corrected chi connectivity index (χ4v) is 5.22. The van der Waals surface area contributed by atoms with E-state index in [1.54, 1.807) is 7.11 Å². The van der Waals surface area contributed by atoms with Gasteiger partial charge in [-0.2, -0.15) is 0 Å². The van der Waals surface area contributed by atoms with Crippen LogP contribution in [0.25, 0.3) is 0 Å². The Morgan fingerprint density at radius 1 is 1.48 bits per heavy atom. The lowest BCUT2D eigenvalue weighted by Gasteiger charge is -2.21. The molecule has 0 spiro atoms. The second-order valence-corrected chi connectivity index (χ2v) is 8.80. The van der Waals surface area contributed by atoms with Crippen LogP contribution in [0.1, 0.15) is 18.4 Å². The van der Waals surface area contributed by atoms with E-state index < -0.39 is 9.84 Å². The highest BCUT2D eigenvalue weighted by Crippen LogP contribution is 2.28. The number of rotatable bonds is 6. The van der Waals surface area contributed by atoms with Crippen LogP contribution in [0.15, 0.2) is 22.7 Å². The van der Waals surface area contributed by atoms with Crippen molar-refractivity contribution in [1.29, 1.82) is 0 Å². The molecule has 1 N–H and O–H groups in total. The standard InChI is InChI=1S/C15H22BrNO3S/c1-17-14(7-11-5-6-21(18,19)10-11)9-12-8-13(16)3-4-15(12)20-2/h3-4,8,11,14,17H,5-7,9-10H2,1-2H3. The largest absolute Gasteiger partial charge is 0.496 e. The van der Waals surface area contributed by atoms with Crippen molar-refractivity contribution in [3.05, 3.63) is 28.2 Å². The van der Waals surface area contributed by atoms with Crippen LogP contribution in [0.2, 0.25) is 0 Å². The third-order valence-electron chi connectivity index (χ3n) is 4.06. The molecule has 6 heteroatoms. The number of benzene rings is 1. The Balaban J connectivity index is 2.04. The van der Waals surface area contributed by atoms with Crippen LogP contribution >= 0.6 is 15.9 Å². The summed E-state index contributed by atoms with van der Waals surface area (Å²) in [5.74, 6) is 1.82. The molecule has 1 aromatic carbocycles. The summed E-state index contributed by atoms with van der Waals surface area (Å²) in [6.45, 7) is 0. The predicted molar refractivity (Wildman–Crippen MR) is 88.6 cm³/mol. The molecule has 118 valence electrons. The monoisotopic (exact) mass is 375 g/mol. The molecule has 1 aromatic rings. The molecular formula is C15H22BrNO3S. The third-order valence-corrected chi connectivity index (χ3v) is 6.39. The van der Waals surface area contributed by atoms with Crippen molar-refractivity contribution in [2.45, 2.75) is 25.3 Å². The van der Waals surface area contributed by atoms with Crippen molar-refractivity contribution < 1.29 is 13.2 Å². The van der Waals surface area contributed by atoms with Crippen LogP contribution in [0.3, 0.4) is 0 Å². The van der Waals surface area contributed by atoms with E-state index in [1.807, 2.05) is 19.2 Å². The average Bonchev–Trinajstić information content (AvgIpc) is 2.77. The van der Waals surface area contributed by atoms with E-state index in [0.717, 1.165) is 35.0 Å². The Morgan fingerprint density at radius 3 is 2.81 bits per heavy atom. The summed E-state index contributed by atoms with van der Waals surface area (Å²) in [6.07, 6.45) is 2.50. The second kappa shape index (κ2) is 7.11. The molecule has 1 aliphatic rings. The number of nitrogens with one attached hydrogen (secondary N) is 1. The molecule has 1 fully saturated rings. The predicted octanol–water partition coefficient (Wildman–Crippen LogP) is 2.41. The van der Waals surface area contributed by atoms with Gasteiger partial charge in [0, 0.05) is 10.5 Å². The van der Waals surface area contributed by atoms with E-state index in [-0.39, 0.29) is 12.0 Å². The highest BCUT2D eigenvalue weighted by atomic mass is 79.9. The first-order valence-corrected chi connectivity index (χ1v) is 9.75. The smallest absolute Gasteiger partial charge is 0.150 e. The van der Waals surface area contributed by atoms with Gasteiger partial charge >= 0.3 is 0 Å². The lowest BCUT2D eigenvalue weighted by atomic mass is 9.94. The fraction of sp³-hybridized carbons (Fsp3) is 0.600. The number of halogens is 1. The van der Waals surface area contributed by atoms with Crippen molar-refractivity contribution in [3.8, 4) is 5.75 Å². The van der Waals surface area contributed by atoms with Crippen molar-refractivity contribution in [2.24, 2.45) is 5.92 Å². The molecule has 0 amide bonds.